The van der Waals surface area contributed by atoms with Crippen molar-refractivity contribution < 1.29 is 5.11 Å². The molecule has 0 saturated carbocycles. The van der Waals surface area contributed by atoms with Crippen molar-refractivity contribution in [1.82, 2.24) is 4.98 Å². The predicted molar refractivity (Wildman–Crippen MR) is 44.2 cm³/mol. The van der Waals surface area contributed by atoms with Gasteiger partial charge in [-0.05, 0) is 30.5 Å². The van der Waals surface area contributed by atoms with Crippen LogP contribution in [0.3, 0.4) is 0 Å². The minimum absolute atomic E-state index is 0.335. The highest BCUT2D eigenvalue weighted by atomic mass is 16.3. The van der Waals surface area contributed by atoms with Crippen LogP contribution in [0.2, 0.25) is 0 Å². The summed E-state index contributed by atoms with van der Waals surface area (Å²) >= 11 is 0. The van der Waals surface area contributed by atoms with Crippen molar-refractivity contribution in [2.45, 2.75) is 26.4 Å². The smallest absolute Gasteiger partial charge is 0.0791 e. The third-order valence-electron chi connectivity index (χ3n) is 1.81. The van der Waals surface area contributed by atoms with Gasteiger partial charge in [-0.15, -0.1) is 0 Å². The molecule has 1 rings (SSSR count). The number of rotatable bonds is 2. The minimum atomic E-state index is -0.335. The normalized spacial score (nSPS) is 13.0. The summed E-state index contributed by atoms with van der Waals surface area (Å²) in [6.07, 6.45) is 3.90. The topological polar surface area (TPSA) is 33.1 Å². The molecule has 1 atom stereocenters. The quantitative estimate of drug-likeness (QED) is 0.699. The van der Waals surface area contributed by atoms with E-state index in [9.17, 15) is 5.11 Å². The molecule has 0 aliphatic carbocycles. The van der Waals surface area contributed by atoms with E-state index in [1.54, 1.807) is 12.4 Å². The Morgan fingerprint density at radius 2 is 2.36 bits per heavy atom. The third kappa shape index (κ3) is 1.77. The first kappa shape index (κ1) is 8.21. The fourth-order valence-corrected chi connectivity index (χ4v) is 1.08. The highest BCUT2D eigenvalue weighted by molar-refractivity contribution is 5.23. The lowest BCUT2D eigenvalue weighted by atomic mass is 10.0. The third-order valence-corrected chi connectivity index (χ3v) is 1.81. The molecule has 1 aromatic heterocycles. The zero-order chi connectivity index (χ0) is 8.27. The fourth-order valence-electron chi connectivity index (χ4n) is 1.08. The largest absolute Gasteiger partial charge is 0.388 e. The Morgan fingerprint density at radius 3 is 2.91 bits per heavy atom. The van der Waals surface area contributed by atoms with Gasteiger partial charge in [0.25, 0.3) is 0 Å². The molecule has 0 fully saturated rings. The molecule has 0 aliphatic rings. The van der Waals surface area contributed by atoms with Crippen molar-refractivity contribution in [3.8, 4) is 0 Å². The van der Waals surface area contributed by atoms with Gasteiger partial charge in [-0.2, -0.15) is 0 Å². The Bertz CT molecular complexity index is 235. The van der Waals surface area contributed by atoms with Crippen LogP contribution in [-0.2, 0) is 0 Å². The summed E-state index contributed by atoms with van der Waals surface area (Å²) in [4.78, 5) is 3.95. The van der Waals surface area contributed by atoms with Gasteiger partial charge in [-0.3, -0.25) is 4.98 Å². The van der Waals surface area contributed by atoms with Crippen LogP contribution in [0.1, 0.15) is 30.6 Å². The Kier molecular flexibility index (Phi) is 2.60. The first-order valence-corrected chi connectivity index (χ1v) is 3.84. The van der Waals surface area contributed by atoms with Crippen molar-refractivity contribution >= 4 is 0 Å². The van der Waals surface area contributed by atoms with Crippen LogP contribution in [0.4, 0.5) is 0 Å². The number of pyridine rings is 1. The minimum Gasteiger partial charge on any atom is -0.388 e. The lowest BCUT2D eigenvalue weighted by Crippen LogP contribution is -1.98. The van der Waals surface area contributed by atoms with Gasteiger partial charge in [0.2, 0.25) is 0 Å². The molecule has 0 bridgehead atoms. The summed E-state index contributed by atoms with van der Waals surface area (Å²) in [5.74, 6) is 0. The molecule has 1 N–H and O–H groups in total. The van der Waals surface area contributed by atoms with E-state index in [0.29, 0.717) is 0 Å². The number of aliphatic hydroxyl groups excluding tert-OH is 1. The van der Waals surface area contributed by atoms with E-state index in [1.807, 2.05) is 19.9 Å². The summed E-state index contributed by atoms with van der Waals surface area (Å²) < 4.78 is 0. The molecule has 11 heavy (non-hydrogen) atoms. The maximum atomic E-state index is 9.48. The molecule has 60 valence electrons. The van der Waals surface area contributed by atoms with Gasteiger partial charge < -0.3 is 5.11 Å². The van der Waals surface area contributed by atoms with Gasteiger partial charge in [0, 0.05) is 12.4 Å². The lowest BCUT2D eigenvalue weighted by molar-refractivity contribution is 0.173. The average molecular weight is 151 g/mol. The van der Waals surface area contributed by atoms with Crippen molar-refractivity contribution in [1.29, 1.82) is 0 Å². The van der Waals surface area contributed by atoms with Crippen molar-refractivity contribution in [3.05, 3.63) is 29.6 Å². The van der Waals surface area contributed by atoms with Crippen LogP contribution in [0, 0.1) is 6.92 Å². The monoisotopic (exact) mass is 151 g/mol. The first-order chi connectivity index (χ1) is 5.25. The van der Waals surface area contributed by atoms with E-state index < -0.39 is 0 Å². The van der Waals surface area contributed by atoms with Crippen LogP contribution in [-0.4, -0.2) is 10.1 Å². The highest BCUT2D eigenvalue weighted by Gasteiger charge is 2.06. The summed E-state index contributed by atoms with van der Waals surface area (Å²) in [7, 11) is 0. The fraction of sp³-hybridized carbons (Fsp3) is 0.444. The first-order valence-electron chi connectivity index (χ1n) is 3.84. The average Bonchev–Trinajstić information content (AvgIpc) is 2.04. The van der Waals surface area contributed by atoms with E-state index in [1.165, 1.54) is 0 Å². The van der Waals surface area contributed by atoms with Crippen molar-refractivity contribution in [2.75, 3.05) is 0 Å². The molecule has 2 heteroatoms. The lowest BCUT2D eigenvalue weighted by Gasteiger charge is -2.09. The highest BCUT2D eigenvalue weighted by Crippen LogP contribution is 2.18. The molecular weight excluding hydrogens is 138 g/mol. The van der Waals surface area contributed by atoms with E-state index in [2.05, 4.69) is 4.98 Å². The van der Waals surface area contributed by atoms with Gasteiger partial charge in [-0.25, -0.2) is 0 Å². The Hall–Kier alpha value is -0.890. The van der Waals surface area contributed by atoms with Gasteiger partial charge in [0.15, 0.2) is 0 Å². The SMILES string of the molecule is CCC(O)c1ccncc1C. The van der Waals surface area contributed by atoms with Gasteiger partial charge >= 0.3 is 0 Å². The zero-order valence-electron chi connectivity index (χ0n) is 6.91. The maximum absolute atomic E-state index is 9.48. The molecule has 0 aromatic carbocycles. The summed E-state index contributed by atoms with van der Waals surface area (Å²) in [6.45, 7) is 3.92. The van der Waals surface area contributed by atoms with E-state index in [-0.39, 0.29) is 6.10 Å². The zero-order valence-corrected chi connectivity index (χ0v) is 6.91. The van der Waals surface area contributed by atoms with E-state index in [0.717, 1.165) is 17.5 Å². The summed E-state index contributed by atoms with van der Waals surface area (Å²) in [6, 6.07) is 1.86. The maximum Gasteiger partial charge on any atom is 0.0791 e. The van der Waals surface area contributed by atoms with Crippen LogP contribution in [0.25, 0.3) is 0 Å². The molecule has 0 radical (unpaired) electrons. The molecule has 1 heterocycles. The number of hydrogen-bond acceptors (Lipinski definition) is 2. The Balaban J connectivity index is 2.93. The van der Waals surface area contributed by atoms with Crippen LogP contribution < -0.4 is 0 Å². The van der Waals surface area contributed by atoms with Crippen LogP contribution in [0.15, 0.2) is 18.5 Å². The molecule has 0 saturated heterocycles. The molecular formula is C9H13NO. The summed E-state index contributed by atoms with van der Waals surface area (Å²) in [5, 5.41) is 9.48. The Morgan fingerprint density at radius 1 is 1.64 bits per heavy atom. The molecule has 1 aromatic rings. The second-order valence-electron chi connectivity index (χ2n) is 2.66. The number of aromatic nitrogens is 1. The van der Waals surface area contributed by atoms with E-state index >= 15 is 0 Å². The molecule has 1 unspecified atom stereocenters. The van der Waals surface area contributed by atoms with Gasteiger partial charge in [0.1, 0.15) is 0 Å². The van der Waals surface area contributed by atoms with Gasteiger partial charge in [0.05, 0.1) is 6.10 Å². The van der Waals surface area contributed by atoms with Crippen LogP contribution >= 0.6 is 0 Å². The molecule has 2 nitrogen and oxygen atoms in total. The predicted octanol–water partition coefficient (Wildman–Crippen LogP) is 1.83. The molecule has 0 amide bonds. The number of aliphatic hydroxyl groups is 1. The van der Waals surface area contributed by atoms with E-state index in [4.69, 9.17) is 0 Å². The van der Waals surface area contributed by atoms with Crippen molar-refractivity contribution in [3.63, 3.8) is 0 Å². The Labute approximate surface area is 66.9 Å². The summed E-state index contributed by atoms with van der Waals surface area (Å²) in [5.41, 5.74) is 2.05. The van der Waals surface area contributed by atoms with Crippen molar-refractivity contribution in [2.24, 2.45) is 0 Å². The number of nitrogens with zero attached hydrogens (tertiary/aromatic N) is 1. The van der Waals surface area contributed by atoms with Gasteiger partial charge in [-0.1, -0.05) is 6.92 Å². The molecule has 0 spiro atoms. The number of hydrogen-bond donors (Lipinski definition) is 1. The van der Waals surface area contributed by atoms with Crippen LogP contribution in [0.5, 0.6) is 0 Å². The standard InChI is InChI=1S/C9H13NO/c1-3-9(11)8-4-5-10-6-7(8)2/h4-6,9,11H,3H2,1-2H3. The second kappa shape index (κ2) is 3.49. The second-order valence-corrected chi connectivity index (χ2v) is 2.66. The molecule has 0 aliphatic heterocycles. The number of aryl methyl sites for hydroxylation is 1.